The van der Waals surface area contributed by atoms with Crippen molar-refractivity contribution in [3.8, 4) is 0 Å². The normalized spacial score (nSPS) is 14.2. The Balaban J connectivity index is 3.00. The van der Waals surface area contributed by atoms with Crippen molar-refractivity contribution >= 4 is 27.3 Å². The number of ether oxygens (including phenoxy) is 1. The summed E-state index contributed by atoms with van der Waals surface area (Å²) in [5.74, 6) is 0. The van der Waals surface area contributed by atoms with Gasteiger partial charge in [0.15, 0.2) is 0 Å². The first-order valence-electron chi connectivity index (χ1n) is 5.15. The van der Waals surface area contributed by atoms with E-state index in [-0.39, 0.29) is 11.6 Å². The van der Waals surface area contributed by atoms with Crippen LogP contribution in [0.4, 0.5) is 0 Å². The van der Waals surface area contributed by atoms with Gasteiger partial charge >= 0.3 is 0 Å². The molecule has 4 heteroatoms. The molecule has 2 N–H and O–H groups in total. The van der Waals surface area contributed by atoms with Gasteiger partial charge in [0, 0.05) is 16.5 Å². The second kappa shape index (κ2) is 5.43. The fraction of sp³-hybridized carbons (Fsp3) is 0.636. The van der Waals surface area contributed by atoms with Crippen LogP contribution in [-0.4, -0.2) is 12.7 Å². The van der Waals surface area contributed by atoms with Crippen LogP contribution in [0.2, 0.25) is 0 Å². The Hall–Kier alpha value is 0.100. The Morgan fingerprint density at radius 3 is 2.47 bits per heavy atom. The highest BCUT2D eigenvalue weighted by Gasteiger charge is 2.35. The van der Waals surface area contributed by atoms with Crippen molar-refractivity contribution < 1.29 is 4.74 Å². The van der Waals surface area contributed by atoms with Crippen LogP contribution >= 0.6 is 27.3 Å². The second-order valence-electron chi connectivity index (χ2n) is 3.59. The zero-order valence-electron chi connectivity index (χ0n) is 9.42. The predicted octanol–water partition coefficient (Wildman–Crippen LogP) is 3.72. The summed E-state index contributed by atoms with van der Waals surface area (Å²) in [6.07, 6.45) is 1.84. The van der Waals surface area contributed by atoms with Gasteiger partial charge < -0.3 is 10.5 Å². The van der Waals surface area contributed by atoms with E-state index in [0.717, 1.165) is 17.3 Å². The molecule has 0 aliphatic rings. The third-order valence-electron chi connectivity index (χ3n) is 3.10. The highest BCUT2D eigenvalue weighted by atomic mass is 79.9. The van der Waals surface area contributed by atoms with Crippen LogP contribution in [-0.2, 0) is 4.74 Å². The first-order valence-corrected chi connectivity index (χ1v) is 6.82. The van der Waals surface area contributed by atoms with Crippen molar-refractivity contribution in [2.75, 3.05) is 7.11 Å². The van der Waals surface area contributed by atoms with Gasteiger partial charge in [0.25, 0.3) is 0 Å². The smallest absolute Gasteiger partial charge is 0.0873 e. The standard InChI is InChI=1S/C11H18BrNOS/c1-4-11(5-2,14-3)10(13)9-8(12)6-7-15-9/h6-7,10H,4-5,13H2,1-3H3. The van der Waals surface area contributed by atoms with Gasteiger partial charge in [-0.25, -0.2) is 0 Å². The highest BCUT2D eigenvalue weighted by Crippen LogP contribution is 2.38. The minimum absolute atomic E-state index is 0.0631. The van der Waals surface area contributed by atoms with Crippen molar-refractivity contribution in [2.45, 2.75) is 38.3 Å². The molecule has 0 bridgehead atoms. The van der Waals surface area contributed by atoms with Gasteiger partial charge in [0.05, 0.1) is 11.6 Å². The number of nitrogens with two attached hydrogens (primary N) is 1. The van der Waals surface area contributed by atoms with E-state index < -0.39 is 0 Å². The number of hydrogen-bond donors (Lipinski definition) is 1. The van der Waals surface area contributed by atoms with E-state index in [0.29, 0.717) is 0 Å². The molecule has 1 aromatic heterocycles. The number of hydrogen-bond acceptors (Lipinski definition) is 3. The SMILES string of the molecule is CCC(CC)(OC)C(N)c1sccc1Br. The summed E-state index contributed by atoms with van der Waals surface area (Å²) in [5.41, 5.74) is 6.06. The minimum atomic E-state index is -0.243. The predicted molar refractivity (Wildman–Crippen MR) is 69.3 cm³/mol. The molecule has 0 amide bonds. The molecule has 15 heavy (non-hydrogen) atoms. The van der Waals surface area contributed by atoms with Crippen LogP contribution in [0.25, 0.3) is 0 Å². The van der Waals surface area contributed by atoms with Crippen LogP contribution < -0.4 is 5.73 Å². The molecule has 1 rings (SSSR count). The van der Waals surface area contributed by atoms with Crippen LogP contribution in [0.15, 0.2) is 15.9 Å². The Morgan fingerprint density at radius 2 is 2.13 bits per heavy atom. The molecule has 1 unspecified atom stereocenters. The lowest BCUT2D eigenvalue weighted by molar-refractivity contribution is -0.0378. The lowest BCUT2D eigenvalue weighted by Crippen LogP contribution is -2.41. The molecule has 0 aliphatic carbocycles. The summed E-state index contributed by atoms with van der Waals surface area (Å²) < 4.78 is 6.72. The highest BCUT2D eigenvalue weighted by molar-refractivity contribution is 9.10. The van der Waals surface area contributed by atoms with Crippen LogP contribution in [0.3, 0.4) is 0 Å². The summed E-state index contributed by atoms with van der Waals surface area (Å²) in [4.78, 5) is 1.17. The zero-order chi connectivity index (χ0) is 11.5. The number of halogens is 1. The molecule has 0 aliphatic heterocycles. The Morgan fingerprint density at radius 1 is 1.53 bits per heavy atom. The molecule has 1 atom stereocenters. The van der Waals surface area contributed by atoms with Gasteiger partial charge in [-0.1, -0.05) is 13.8 Å². The molecular formula is C11H18BrNOS. The average molecular weight is 292 g/mol. The zero-order valence-corrected chi connectivity index (χ0v) is 11.8. The van der Waals surface area contributed by atoms with Crippen LogP contribution in [0, 0.1) is 0 Å². The van der Waals surface area contributed by atoms with Gasteiger partial charge in [0.1, 0.15) is 0 Å². The van der Waals surface area contributed by atoms with Crippen LogP contribution in [0.1, 0.15) is 37.6 Å². The molecular weight excluding hydrogens is 274 g/mol. The van der Waals surface area contributed by atoms with E-state index in [1.807, 2.05) is 11.4 Å². The topological polar surface area (TPSA) is 35.2 Å². The number of rotatable bonds is 5. The van der Waals surface area contributed by atoms with Gasteiger partial charge in [0.2, 0.25) is 0 Å². The van der Waals surface area contributed by atoms with E-state index in [4.69, 9.17) is 10.5 Å². The van der Waals surface area contributed by atoms with E-state index in [1.54, 1.807) is 18.4 Å². The quantitative estimate of drug-likeness (QED) is 0.897. The van der Waals surface area contributed by atoms with Crippen molar-refractivity contribution in [1.29, 1.82) is 0 Å². The molecule has 1 aromatic rings. The monoisotopic (exact) mass is 291 g/mol. The first-order chi connectivity index (χ1) is 7.11. The molecule has 0 saturated carbocycles. The van der Waals surface area contributed by atoms with E-state index in [1.165, 1.54) is 4.88 Å². The number of methoxy groups -OCH3 is 1. The maximum atomic E-state index is 6.31. The summed E-state index contributed by atoms with van der Waals surface area (Å²) in [6.45, 7) is 4.24. The molecule has 2 nitrogen and oxygen atoms in total. The Kier molecular flexibility index (Phi) is 4.77. The van der Waals surface area contributed by atoms with Crippen molar-refractivity contribution in [2.24, 2.45) is 5.73 Å². The lowest BCUT2D eigenvalue weighted by atomic mass is 9.88. The van der Waals surface area contributed by atoms with Crippen LogP contribution in [0.5, 0.6) is 0 Å². The molecule has 0 saturated heterocycles. The number of thiophene rings is 1. The summed E-state index contributed by atoms with van der Waals surface area (Å²) in [7, 11) is 1.74. The average Bonchev–Trinajstić information content (AvgIpc) is 2.67. The van der Waals surface area contributed by atoms with Crippen molar-refractivity contribution in [3.63, 3.8) is 0 Å². The minimum Gasteiger partial charge on any atom is -0.376 e. The lowest BCUT2D eigenvalue weighted by Gasteiger charge is -2.35. The van der Waals surface area contributed by atoms with Crippen molar-refractivity contribution in [3.05, 3.63) is 20.8 Å². The first kappa shape index (κ1) is 13.2. The van der Waals surface area contributed by atoms with E-state index in [9.17, 15) is 0 Å². The third-order valence-corrected chi connectivity index (χ3v) is 5.05. The molecule has 0 fully saturated rings. The molecule has 0 aromatic carbocycles. The van der Waals surface area contributed by atoms with Gasteiger partial charge in [-0.2, -0.15) is 0 Å². The Labute approximate surface area is 104 Å². The van der Waals surface area contributed by atoms with Crippen molar-refractivity contribution in [1.82, 2.24) is 0 Å². The molecule has 0 spiro atoms. The van der Waals surface area contributed by atoms with E-state index >= 15 is 0 Å². The summed E-state index contributed by atoms with van der Waals surface area (Å²) in [6, 6.07) is 1.97. The maximum Gasteiger partial charge on any atom is 0.0873 e. The van der Waals surface area contributed by atoms with E-state index in [2.05, 4.69) is 29.8 Å². The maximum absolute atomic E-state index is 6.31. The molecule has 1 heterocycles. The fourth-order valence-electron chi connectivity index (χ4n) is 1.87. The van der Waals surface area contributed by atoms with Gasteiger partial charge in [-0.05, 0) is 40.2 Å². The second-order valence-corrected chi connectivity index (χ2v) is 5.39. The molecule has 86 valence electrons. The Bertz CT molecular complexity index is 301. The fourth-order valence-corrected chi connectivity index (χ4v) is 3.60. The summed E-state index contributed by atoms with van der Waals surface area (Å²) >= 11 is 5.20. The largest absolute Gasteiger partial charge is 0.376 e. The van der Waals surface area contributed by atoms with Gasteiger partial charge in [-0.3, -0.25) is 0 Å². The molecule has 0 radical (unpaired) electrons. The summed E-state index contributed by atoms with van der Waals surface area (Å²) in [5, 5.41) is 2.05. The van der Waals surface area contributed by atoms with Gasteiger partial charge in [-0.15, -0.1) is 11.3 Å². The third kappa shape index (κ3) is 2.44.